The van der Waals surface area contributed by atoms with Gasteiger partial charge in [0.15, 0.2) is 0 Å². The van der Waals surface area contributed by atoms with Gasteiger partial charge >= 0.3 is 0 Å². The van der Waals surface area contributed by atoms with Crippen molar-refractivity contribution in [1.29, 1.82) is 0 Å². The van der Waals surface area contributed by atoms with E-state index >= 15 is 0 Å². The van der Waals surface area contributed by atoms with Gasteiger partial charge in [-0.25, -0.2) is 4.98 Å². The highest BCUT2D eigenvalue weighted by molar-refractivity contribution is 7.16. The molecule has 1 aliphatic heterocycles. The van der Waals surface area contributed by atoms with Gasteiger partial charge in [-0.3, -0.25) is 0 Å². The lowest BCUT2D eigenvalue weighted by Gasteiger charge is -2.20. The molecule has 0 bridgehead atoms. The second kappa shape index (κ2) is 5.00. The predicted octanol–water partition coefficient (Wildman–Crippen LogP) is 3.82. The zero-order valence-electron chi connectivity index (χ0n) is 11.8. The molecule has 0 saturated heterocycles. The summed E-state index contributed by atoms with van der Waals surface area (Å²) in [5.74, 6) is 1.73. The molecule has 0 unspecified atom stereocenters. The highest BCUT2D eigenvalue weighted by Crippen LogP contribution is 2.38. The maximum atomic E-state index is 4.75. The number of nitrogens with one attached hydrogen (secondary N) is 1. The van der Waals surface area contributed by atoms with E-state index < -0.39 is 0 Å². The number of nitrogens with zero attached hydrogens (tertiary/aromatic N) is 3. The molecular formula is C16H16N4S. The SMILES string of the molecule is CCNc1nc(N2CCc3ccccc32)c2ccsc2n1. The van der Waals surface area contributed by atoms with Crippen LogP contribution in [0.3, 0.4) is 0 Å². The average Bonchev–Trinajstić information content (AvgIpc) is 3.13. The molecule has 0 aliphatic carbocycles. The standard InChI is InChI=1S/C16H16N4S/c1-2-17-16-18-14(12-8-10-21-15(12)19-16)20-9-7-11-5-3-4-6-13(11)20/h3-6,8,10H,2,7,9H2,1H3,(H,17,18,19). The van der Waals surface area contributed by atoms with E-state index in [1.165, 1.54) is 11.3 Å². The number of para-hydroxylation sites is 1. The summed E-state index contributed by atoms with van der Waals surface area (Å²) < 4.78 is 0. The van der Waals surface area contributed by atoms with E-state index in [0.29, 0.717) is 5.95 Å². The van der Waals surface area contributed by atoms with Crippen LogP contribution in [0.5, 0.6) is 0 Å². The quantitative estimate of drug-likeness (QED) is 0.798. The van der Waals surface area contributed by atoms with Crippen molar-refractivity contribution < 1.29 is 0 Å². The monoisotopic (exact) mass is 296 g/mol. The molecule has 1 aliphatic rings. The molecule has 4 rings (SSSR count). The number of anilines is 3. The van der Waals surface area contributed by atoms with E-state index in [2.05, 4.69) is 57.8 Å². The summed E-state index contributed by atoms with van der Waals surface area (Å²) in [5, 5.41) is 6.46. The van der Waals surface area contributed by atoms with Gasteiger partial charge in [-0.05, 0) is 36.4 Å². The molecule has 2 aromatic heterocycles. The number of rotatable bonds is 3. The smallest absolute Gasteiger partial charge is 0.226 e. The summed E-state index contributed by atoms with van der Waals surface area (Å²) in [7, 11) is 0. The summed E-state index contributed by atoms with van der Waals surface area (Å²) in [6.07, 6.45) is 1.07. The van der Waals surface area contributed by atoms with Gasteiger partial charge in [-0.1, -0.05) is 18.2 Å². The van der Waals surface area contributed by atoms with Gasteiger partial charge in [-0.2, -0.15) is 4.98 Å². The van der Waals surface area contributed by atoms with Crippen molar-refractivity contribution in [2.75, 3.05) is 23.3 Å². The molecule has 1 aromatic carbocycles. The third-order valence-corrected chi connectivity index (χ3v) is 4.59. The first-order valence-corrected chi connectivity index (χ1v) is 8.09. The molecular weight excluding hydrogens is 280 g/mol. The van der Waals surface area contributed by atoms with Crippen LogP contribution >= 0.6 is 11.3 Å². The van der Waals surface area contributed by atoms with Crippen molar-refractivity contribution in [1.82, 2.24) is 9.97 Å². The third kappa shape index (κ3) is 2.05. The fourth-order valence-electron chi connectivity index (χ4n) is 2.84. The first-order valence-electron chi connectivity index (χ1n) is 7.21. The van der Waals surface area contributed by atoms with Gasteiger partial charge in [0.2, 0.25) is 5.95 Å². The number of hydrogen-bond acceptors (Lipinski definition) is 5. The second-order valence-corrected chi connectivity index (χ2v) is 5.97. The van der Waals surface area contributed by atoms with E-state index in [-0.39, 0.29) is 0 Å². The largest absolute Gasteiger partial charge is 0.354 e. The predicted molar refractivity (Wildman–Crippen MR) is 88.7 cm³/mol. The van der Waals surface area contributed by atoms with Gasteiger partial charge in [-0.15, -0.1) is 11.3 Å². The van der Waals surface area contributed by atoms with Crippen LogP contribution in [0.1, 0.15) is 12.5 Å². The molecule has 4 nitrogen and oxygen atoms in total. The molecule has 0 atom stereocenters. The van der Waals surface area contributed by atoms with E-state index in [1.807, 2.05) is 0 Å². The van der Waals surface area contributed by atoms with Crippen molar-refractivity contribution in [3.63, 3.8) is 0 Å². The zero-order chi connectivity index (χ0) is 14.2. The fourth-order valence-corrected chi connectivity index (χ4v) is 3.60. The van der Waals surface area contributed by atoms with Crippen LogP contribution in [0.15, 0.2) is 35.7 Å². The average molecular weight is 296 g/mol. The van der Waals surface area contributed by atoms with Crippen molar-refractivity contribution in [2.45, 2.75) is 13.3 Å². The van der Waals surface area contributed by atoms with E-state index in [0.717, 1.165) is 35.5 Å². The van der Waals surface area contributed by atoms with Gasteiger partial charge in [0.1, 0.15) is 10.6 Å². The lowest BCUT2D eigenvalue weighted by Crippen LogP contribution is -2.16. The zero-order valence-corrected chi connectivity index (χ0v) is 12.7. The van der Waals surface area contributed by atoms with Gasteiger partial charge in [0.05, 0.1) is 5.39 Å². The van der Waals surface area contributed by atoms with Gasteiger partial charge in [0, 0.05) is 18.8 Å². The maximum absolute atomic E-state index is 4.75. The Balaban J connectivity index is 1.88. The van der Waals surface area contributed by atoms with Gasteiger partial charge in [0.25, 0.3) is 0 Å². The second-order valence-electron chi connectivity index (χ2n) is 5.07. The molecule has 5 heteroatoms. The van der Waals surface area contributed by atoms with Crippen molar-refractivity contribution in [2.24, 2.45) is 0 Å². The first kappa shape index (κ1) is 12.6. The lowest BCUT2D eigenvalue weighted by molar-refractivity contribution is 0.973. The van der Waals surface area contributed by atoms with E-state index in [1.54, 1.807) is 11.3 Å². The summed E-state index contributed by atoms with van der Waals surface area (Å²) in [4.78, 5) is 12.7. The lowest BCUT2D eigenvalue weighted by atomic mass is 10.2. The molecule has 0 radical (unpaired) electrons. The molecule has 0 spiro atoms. The minimum atomic E-state index is 0.715. The van der Waals surface area contributed by atoms with Crippen LogP contribution in [0.25, 0.3) is 10.2 Å². The molecule has 0 saturated carbocycles. The molecule has 3 aromatic rings. The normalized spacial score (nSPS) is 13.7. The van der Waals surface area contributed by atoms with Crippen LogP contribution in [0.4, 0.5) is 17.5 Å². The summed E-state index contributed by atoms with van der Waals surface area (Å²) in [5.41, 5.74) is 2.66. The summed E-state index contributed by atoms with van der Waals surface area (Å²) in [6.45, 7) is 3.87. The minimum absolute atomic E-state index is 0.715. The third-order valence-electron chi connectivity index (χ3n) is 3.78. The Morgan fingerprint density at radius 2 is 2.14 bits per heavy atom. The molecule has 3 heterocycles. The highest BCUT2D eigenvalue weighted by Gasteiger charge is 2.23. The Bertz CT molecular complexity index is 796. The Labute approximate surface area is 127 Å². The molecule has 0 amide bonds. The Morgan fingerprint density at radius 3 is 3.05 bits per heavy atom. The minimum Gasteiger partial charge on any atom is -0.354 e. The Kier molecular flexibility index (Phi) is 3.00. The van der Waals surface area contributed by atoms with Crippen LogP contribution in [0, 0.1) is 0 Å². The number of fused-ring (bicyclic) bond motifs is 2. The highest BCUT2D eigenvalue weighted by atomic mass is 32.1. The van der Waals surface area contributed by atoms with Crippen LogP contribution < -0.4 is 10.2 Å². The number of hydrogen-bond donors (Lipinski definition) is 1. The van der Waals surface area contributed by atoms with E-state index in [9.17, 15) is 0 Å². The van der Waals surface area contributed by atoms with E-state index in [4.69, 9.17) is 4.98 Å². The summed E-state index contributed by atoms with van der Waals surface area (Å²) >= 11 is 1.66. The molecule has 1 N–H and O–H groups in total. The van der Waals surface area contributed by atoms with Crippen molar-refractivity contribution in [3.8, 4) is 0 Å². The fraction of sp³-hybridized carbons (Fsp3) is 0.250. The molecule has 106 valence electrons. The van der Waals surface area contributed by atoms with Crippen molar-refractivity contribution >= 4 is 39.0 Å². The van der Waals surface area contributed by atoms with Gasteiger partial charge < -0.3 is 10.2 Å². The Hall–Kier alpha value is -2.14. The number of aromatic nitrogens is 2. The van der Waals surface area contributed by atoms with Crippen LogP contribution in [-0.4, -0.2) is 23.1 Å². The van der Waals surface area contributed by atoms with Crippen LogP contribution in [-0.2, 0) is 6.42 Å². The number of thiophene rings is 1. The first-order chi connectivity index (χ1) is 10.4. The maximum Gasteiger partial charge on any atom is 0.226 e. The summed E-state index contributed by atoms with van der Waals surface area (Å²) in [6, 6.07) is 10.7. The molecule has 21 heavy (non-hydrogen) atoms. The molecule has 0 fully saturated rings. The van der Waals surface area contributed by atoms with Crippen molar-refractivity contribution in [3.05, 3.63) is 41.3 Å². The topological polar surface area (TPSA) is 41.1 Å². The van der Waals surface area contributed by atoms with Crippen LogP contribution in [0.2, 0.25) is 0 Å². The Morgan fingerprint density at radius 1 is 1.24 bits per heavy atom. The number of benzene rings is 1.